The number of amides is 1. The zero-order valence-corrected chi connectivity index (χ0v) is 15.1. The highest BCUT2D eigenvalue weighted by atomic mass is 79.9. The van der Waals surface area contributed by atoms with Crippen molar-refractivity contribution in [1.82, 2.24) is 5.32 Å². The highest BCUT2D eigenvalue weighted by Gasteiger charge is 2.22. The summed E-state index contributed by atoms with van der Waals surface area (Å²) in [5, 5.41) is 23.1. The summed E-state index contributed by atoms with van der Waals surface area (Å²) in [6, 6.07) is 5.03. The lowest BCUT2D eigenvalue weighted by molar-refractivity contribution is 0.0123. The third-order valence-electron chi connectivity index (χ3n) is 2.75. The minimum atomic E-state index is -1.13. The largest absolute Gasteiger partial charge is 0.444 e. The first kappa shape index (κ1) is 19.2. The molecule has 0 aromatic heterocycles. The normalized spacial score (nSPS) is 14.3. The summed E-state index contributed by atoms with van der Waals surface area (Å²) in [6.07, 6.45) is -2.58. The predicted octanol–water partition coefficient (Wildman–Crippen LogP) is 3.41. The van der Waals surface area contributed by atoms with Gasteiger partial charge in [-0.2, -0.15) is 0 Å². The Bertz CT molecular complexity index is 519. The van der Waals surface area contributed by atoms with E-state index in [4.69, 9.17) is 16.3 Å². The van der Waals surface area contributed by atoms with Crippen LogP contribution >= 0.6 is 27.5 Å². The molecule has 5 nitrogen and oxygen atoms in total. The Kier molecular flexibility index (Phi) is 7.12. The second-order valence-corrected chi connectivity index (χ2v) is 7.22. The van der Waals surface area contributed by atoms with Gasteiger partial charge in [-0.05, 0) is 45.4 Å². The fraction of sp³-hybridized carbons (Fsp3) is 0.533. The molecule has 0 fully saturated rings. The van der Waals surface area contributed by atoms with Crippen LogP contribution in [0, 0.1) is 0 Å². The van der Waals surface area contributed by atoms with E-state index in [1.807, 2.05) is 0 Å². The smallest absolute Gasteiger partial charge is 0.407 e. The number of ether oxygens (including phenoxy) is 1. The molecular weight excluding hydrogens is 374 g/mol. The van der Waals surface area contributed by atoms with Crippen LogP contribution in [0.15, 0.2) is 22.7 Å². The monoisotopic (exact) mass is 393 g/mol. The van der Waals surface area contributed by atoms with E-state index in [0.29, 0.717) is 10.6 Å². The molecular formula is C15H21BrClNO4. The topological polar surface area (TPSA) is 78.8 Å². The third-order valence-corrected chi connectivity index (χ3v) is 3.59. The number of rotatable bonds is 5. The van der Waals surface area contributed by atoms with Crippen molar-refractivity contribution in [3.8, 4) is 0 Å². The molecule has 0 radical (unpaired) electrons. The Balaban J connectivity index is 2.50. The fourth-order valence-electron chi connectivity index (χ4n) is 1.74. The van der Waals surface area contributed by atoms with E-state index in [1.165, 1.54) is 0 Å². The number of halogens is 2. The lowest BCUT2D eigenvalue weighted by atomic mass is 10.0. The van der Waals surface area contributed by atoms with Crippen molar-refractivity contribution in [2.24, 2.45) is 0 Å². The van der Waals surface area contributed by atoms with Gasteiger partial charge in [-0.25, -0.2) is 4.79 Å². The third kappa shape index (κ3) is 6.52. The van der Waals surface area contributed by atoms with Gasteiger partial charge in [0.25, 0.3) is 0 Å². The molecule has 0 saturated carbocycles. The first-order valence-electron chi connectivity index (χ1n) is 6.88. The molecule has 1 amide bonds. The van der Waals surface area contributed by atoms with Crippen molar-refractivity contribution in [2.75, 3.05) is 6.54 Å². The van der Waals surface area contributed by atoms with Crippen LogP contribution in [-0.2, 0) is 4.74 Å². The van der Waals surface area contributed by atoms with Crippen molar-refractivity contribution in [1.29, 1.82) is 0 Å². The molecule has 0 aliphatic rings. The summed E-state index contributed by atoms with van der Waals surface area (Å²) in [6.45, 7) is 5.47. The molecule has 2 unspecified atom stereocenters. The van der Waals surface area contributed by atoms with Gasteiger partial charge in [0.05, 0.1) is 6.10 Å². The van der Waals surface area contributed by atoms with Crippen LogP contribution in [0.5, 0.6) is 0 Å². The molecule has 1 aromatic rings. The number of aliphatic hydroxyl groups excluding tert-OH is 2. The Labute approximate surface area is 143 Å². The summed E-state index contributed by atoms with van der Waals surface area (Å²) >= 11 is 9.30. The summed E-state index contributed by atoms with van der Waals surface area (Å²) in [7, 11) is 0. The van der Waals surface area contributed by atoms with Crippen molar-refractivity contribution in [2.45, 2.75) is 45.0 Å². The van der Waals surface area contributed by atoms with E-state index in [1.54, 1.807) is 39.0 Å². The number of carbonyl (C=O) groups is 1. The van der Waals surface area contributed by atoms with Crippen LogP contribution in [0.25, 0.3) is 0 Å². The molecule has 0 spiro atoms. The van der Waals surface area contributed by atoms with Crippen LogP contribution in [0.3, 0.4) is 0 Å². The molecule has 0 aliphatic heterocycles. The number of hydrogen-bond donors (Lipinski definition) is 3. The Hall–Kier alpha value is -0.820. The molecule has 7 heteroatoms. The number of nitrogens with one attached hydrogen (secondary N) is 1. The van der Waals surface area contributed by atoms with E-state index < -0.39 is 23.9 Å². The van der Waals surface area contributed by atoms with Gasteiger partial charge in [0, 0.05) is 21.6 Å². The summed E-state index contributed by atoms with van der Waals surface area (Å²) in [5.74, 6) is 0. The van der Waals surface area contributed by atoms with Gasteiger partial charge in [0.15, 0.2) is 0 Å². The van der Waals surface area contributed by atoms with Crippen molar-refractivity contribution in [3.05, 3.63) is 33.3 Å². The van der Waals surface area contributed by atoms with Gasteiger partial charge in [-0.3, -0.25) is 0 Å². The number of carbonyl (C=O) groups excluding carboxylic acids is 1. The average Bonchev–Trinajstić information content (AvgIpc) is 2.38. The number of benzene rings is 1. The first-order chi connectivity index (χ1) is 10.1. The van der Waals surface area contributed by atoms with Gasteiger partial charge >= 0.3 is 6.09 Å². The number of alkyl carbamates (subject to hydrolysis) is 1. The second-order valence-electron chi connectivity index (χ2n) is 5.90. The van der Waals surface area contributed by atoms with Crippen LogP contribution in [0.2, 0.25) is 5.02 Å². The van der Waals surface area contributed by atoms with Gasteiger partial charge in [0.1, 0.15) is 11.7 Å². The van der Waals surface area contributed by atoms with E-state index in [2.05, 4.69) is 21.2 Å². The highest BCUT2D eigenvalue weighted by Crippen LogP contribution is 2.29. The van der Waals surface area contributed by atoms with Crippen molar-refractivity contribution < 1.29 is 19.7 Å². The van der Waals surface area contributed by atoms with E-state index in [9.17, 15) is 15.0 Å². The Morgan fingerprint density at radius 2 is 2.05 bits per heavy atom. The molecule has 0 heterocycles. The molecule has 2 atom stereocenters. The van der Waals surface area contributed by atoms with Gasteiger partial charge in [0.2, 0.25) is 0 Å². The molecule has 3 N–H and O–H groups in total. The maximum atomic E-state index is 11.5. The van der Waals surface area contributed by atoms with E-state index in [0.717, 1.165) is 4.47 Å². The molecule has 0 aliphatic carbocycles. The molecule has 0 bridgehead atoms. The summed E-state index contributed by atoms with van der Waals surface area (Å²) in [5.41, 5.74) is -0.146. The summed E-state index contributed by atoms with van der Waals surface area (Å²) in [4.78, 5) is 11.5. The van der Waals surface area contributed by atoms with Gasteiger partial charge in [-0.1, -0.05) is 27.5 Å². The average molecular weight is 395 g/mol. The number of hydrogen-bond acceptors (Lipinski definition) is 4. The first-order valence-corrected chi connectivity index (χ1v) is 8.05. The van der Waals surface area contributed by atoms with E-state index >= 15 is 0 Å². The highest BCUT2D eigenvalue weighted by molar-refractivity contribution is 9.10. The molecule has 1 aromatic carbocycles. The maximum absolute atomic E-state index is 11.5. The maximum Gasteiger partial charge on any atom is 0.407 e. The van der Waals surface area contributed by atoms with Crippen molar-refractivity contribution >= 4 is 33.6 Å². The van der Waals surface area contributed by atoms with Crippen LogP contribution < -0.4 is 5.32 Å². The zero-order chi connectivity index (χ0) is 16.9. The van der Waals surface area contributed by atoms with Crippen LogP contribution in [0.1, 0.15) is 38.9 Å². The Morgan fingerprint density at radius 3 is 2.64 bits per heavy atom. The molecule has 0 saturated heterocycles. The number of aliphatic hydroxyl groups is 2. The Morgan fingerprint density at radius 1 is 1.41 bits per heavy atom. The summed E-state index contributed by atoms with van der Waals surface area (Å²) < 4.78 is 5.83. The zero-order valence-electron chi connectivity index (χ0n) is 12.8. The molecule has 22 heavy (non-hydrogen) atoms. The molecule has 1 rings (SSSR count). The van der Waals surface area contributed by atoms with Gasteiger partial charge in [-0.15, -0.1) is 0 Å². The minimum absolute atomic E-state index is 0.170. The molecule has 124 valence electrons. The lowest BCUT2D eigenvalue weighted by Gasteiger charge is -2.21. The second kappa shape index (κ2) is 8.15. The van der Waals surface area contributed by atoms with Crippen molar-refractivity contribution in [3.63, 3.8) is 0 Å². The quantitative estimate of drug-likeness (QED) is 0.715. The van der Waals surface area contributed by atoms with Crippen LogP contribution in [-0.4, -0.2) is 34.6 Å². The fourth-order valence-corrected chi connectivity index (χ4v) is 2.35. The van der Waals surface area contributed by atoms with Crippen LogP contribution in [0.4, 0.5) is 4.79 Å². The standard InChI is InChI=1S/C15H21BrClNO4/c1-15(2,3)22-14(21)18-7-6-12(19)13(20)10-8-9(16)4-5-11(10)17/h4-5,8,12-13,19-20H,6-7H2,1-3H3,(H,18,21). The lowest BCUT2D eigenvalue weighted by Crippen LogP contribution is -2.34. The van der Waals surface area contributed by atoms with E-state index in [-0.39, 0.29) is 13.0 Å². The SMILES string of the molecule is CC(C)(C)OC(=O)NCCC(O)C(O)c1cc(Br)ccc1Cl. The van der Waals surface area contributed by atoms with Gasteiger partial charge < -0.3 is 20.3 Å². The minimum Gasteiger partial charge on any atom is -0.444 e. The predicted molar refractivity (Wildman–Crippen MR) is 89.0 cm³/mol.